The van der Waals surface area contributed by atoms with Crippen LogP contribution in [-0.4, -0.2) is 19.8 Å². The van der Waals surface area contributed by atoms with E-state index in [0.29, 0.717) is 14.5 Å². The van der Waals surface area contributed by atoms with E-state index in [4.69, 9.17) is 9.57 Å². The summed E-state index contributed by atoms with van der Waals surface area (Å²) < 4.78 is 5.19. The molecule has 21 heavy (non-hydrogen) atoms. The summed E-state index contributed by atoms with van der Waals surface area (Å²) in [5.74, 6) is 1.30. The highest BCUT2D eigenvalue weighted by molar-refractivity contribution is 7.52. The maximum Gasteiger partial charge on any atom is 0.118 e. The summed E-state index contributed by atoms with van der Waals surface area (Å²) in [6.45, 7) is 4.23. The van der Waals surface area contributed by atoms with E-state index >= 15 is 0 Å². The molecule has 0 aliphatic heterocycles. The van der Waals surface area contributed by atoms with Crippen molar-refractivity contribution in [2.45, 2.75) is 25.9 Å². The number of hydrogen-bond acceptors (Lipinski definition) is 3. The normalized spacial score (nSPS) is 19.0. The van der Waals surface area contributed by atoms with Gasteiger partial charge in [-0.25, -0.2) is 5.48 Å². The molecule has 0 heterocycles. The van der Waals surface area contributed by atoms with Gasteiger partial charge in [0.15, 0.2) is 0 Å². The maximum atomic E-state index is 5.61. The van der Waals surface area contributed by atoms with Gasteiger partial charge in [0, 0.05) is 13.0 Å². The predicted octanol–water partition coefficient (Wildman–Crippen LogP) is 3.39. The third-order valence-corrected chi connectivity index (χ3v) is 5.02. The van der Waals surface area contributed by atoms with Gasteiger partial charge in [-0.1, -0.05) is 38.9 Å². The summed E-state index contributed by atoms with van der Waals surface area (Å²) >= 11 is 0. The molecule has 0 saturated carbocycles. The first kappa shape index (κ1) is 16.2. The molecule has 0 radical (unpaired) electrons. The second kappa shape index (κ2) is 7.22. The minimum absolute atomic E-state index is 0.198. The Balaban J connectivity index is 1.95. The smallest absolute Gasteiger partial charge is 0.118 e. The number of methoxy groups -OCH3 is 1. The molecule has 2 atom stereocenters. The van der Waals surface area contributed by atoms with Gasteiger partial charge in [0.25, 0.3) is 0 Å². The lowest BCUT2D eigenvalue weighted by Crippen LogP contribution is -2.37. The van der Waals surface area contributed by atoms with Crippen LogP contribution in [0.1, 0.15) is 20.3 Å². The number of ether oxygens (including phenoxy) is 1. The van der Waals surface area contributed by atoms with Gasteiger partial charge in [0.2, 0.25) is 0 Å². The van der Waals surface area contributed by atoms with Gasteiger partial charge in [0.05, 0.1) is 12.7 Å². The molecule has 0 fully saturated rings. The Labute approximate surface area is 129 Å². The van der Waals surface area contributed by atoms with Gasteiger partial charge in [-0.3, -0.25) is 4.84 Å². The van der Waals surface area contributed by atoms with Crippen molar-refractivity contribution in [2.75, 3.05) is 14.2 Å². The minimum atomic E-state index is -0.198. The fourth-order valence-electron chi connectivity index (χ4n) is 2.41. The molecule has 0 amide bonds. The van der Waals surface area contributed by atoms with Crippen LogP contribution in [0.2, 0.25) is 0 Å². The first-order valence-corrected chi connectivity index (χ1v) is 8.19. The zero-order valence-corrected chi connectivity index (χ0v) is 14.1. The van der Waals surface area contributed by atoms with Crippen LogP contribution in [0.4, 0.5) is 0 Å². The summed E-state index contributed by atoms with van der Waals surface area (Å²) in [5.41, 5.74) is 2.60. The van der Waals surface area contributed by atoms with E-state index < -0.39 is 0 Å². The van der Waals surface area contributed by atoms with Crippen molar-refractivity contribution < 1.29 is 9.57 Å². The summed E-state index contributed by atoms with van der Waals surface area (Å²) in [6, 6.07) is 8.29. The van der Waals surface area contributed by atoms with Crippen LogP contribution in [-0.2, 0) is 4.84 Å². The van der Waals surface area contributed by atoms with E-state index in [9.17, 15) is 0 Å². The van der Waals surface area contributed by atoms with E-state index in [1.807, 2.05) is 12.1 Å². The van der Waals surface area contributed by atoms with Gasteiger partial charge in [0.1, 0.15) is 5.75 Å². The monoisotopic (exact) mass is 305 g/mol. The summed E-state index contributed by atoms with van der Waals surface area (Å²) in [7, 11) is 4.19. The maximum absolute atomic E-state index is 5.61. The van der Waals surface area contributed by atoms with Crippen molar-refractivity contribution in [3.63, 3.8) is 0 Å². The number of nitrogens with one attached hydrogen (secondary N) is 1. The topological polar surface area (TPSA) is 30.5 Å². The van der Waals surface area contributed by atoms with Crippen molar-refractivity contribution in [2.24, 2.45) is 5.92 Å². The van der Waals surface area contributed by atoms with Crippen LogP contribution in [0.5, 0.6) is 5.75 Å². The predicted molar refractivity (Wildman–Crippen MR) is 90.5 cm³/mol. The fourth-order valence-corrected chi connectivity index (χ4v) is 3.47. The molecule has 1 aromatic carbocycles. The van der Waals surface area contributed by atoms with Crippen molar-refractivity contribution in [3.8, 4) is 5.75 Å². The Morgan fingerprint density at radius 3 is 2.48 bits per heavy atom. The van der Waals surface area contributed by atoms with Crippen molar-refractivity contribution >= 4 is 13.9 Å². The fraction of sp³-hybridized carbons (Fsp3) is 0.412. The Hall–Kier alpha value is -1.15. The van der Waals surface area contributed by atoms with E-state index in [1.165, 1.54) is 10.6 Å². The molecule has 3 nitrogen and oxygen atoms in total. The Morgan fingerprint density at radius 1 is 1.24 bits per heavy atom. The highest BCUT2D eigenvalue weighted by atomic mass is 31.1. The van der Waals surface area contributed by atoms with E-state index in [-0.39, 0.29) is 5.60 Å². The lowest BCUT2D eigenvalue weighted by Gasteiger charge is -2.32. The molecule has 1 aromatic rings. The molecule has 2 unspecified atom stereocenters. The Bertz CT molecular complexity index is 520. The van der Waals surface area contributed by atoms with Crippen LogP contribution in [0, 0.1) is 5.92 Å². The van der Waals surface area contributed by atoms with Crippen LogP contribution in [0.15, 0.2) is 47.8 Å². The van der Waals surface area contributed by atoms with Crippen molar-refractivity contribution in [1.29, 1.82) is 0 Å². The summed E-state index contributed by atoms with van der Waals surface area (Å²) in [4.78, 5) is 5.61. The zero-order chi connectivity index (χ0) is 15.3. The second-order valence-corrected chi connectivity index (χ2v) is 7.03. The van der Waals surface area contributed by atoms with Gasteiger partial charge in [-0.2, -0.15) is 0 Å². The average molecular weight is 305 g/mol. The van der Waals surface area contributed by atoms with Crippen LogP contribution < -0.4 is 15.5 Å². The number of hydrogen-bond donors (Lipinski definition) is 1. The Morgan fingerprint density at radius 2 is 1.95 bits per heavy atom. The lowest BCUT2D eigenvalue weighted by molar-refractivity contribution is -0.0976. The summed E-state index contributed by atoms with van der Waals surface area (Å²) in [5, 5.41) is 2.72. The standard InChI is InChI=1S/C17H24NO2P/c1-17(2,20-18-3)13-5-9-15(10-6-13)21-16-11-7-14(19-4)8-12-16/h5,7-13,18,21H,6H2,1-4H3. The summed E-state index contributed by atoms with van der Waals surface area (Å²) in [6.07, 6.45) is 7.85. The van der Waals surface area contributed by atoms with E-state index in [0.717, 1.165) is 12.2 Å². The number of benzene rings is 1. The third-order valence-electron chi connectivity index (χ3n) is 3.74. The quantitative estimate of drug-likeness (QED) is 0.645. The molecule has 0 saturated heterocycles. The molecule has 114 valence electrons. The highest BCUT2D eigenvalue weighted by Crippen LogP contribution is 2.34. The number of hydroxylamine groups is 1. The van der Waals surface area contributed by atoms with Gasteiger partial charge >= 0.3 is 0 Å². The molecule has 0 spiro atoms. The van der Waals surface area contributed by atoms with Crippen molar-refractivity contribution in [3.05, 3.63) is 47.8 Å². The first-order chi connectivity index (χ1) is 10.0. The van der Waals surface area contributed by atoms with E-state index in [1.54, 1.807) is 14.2 Å². The van der Waals surface area contributed by atoms with Crippen LogP contribution in [0.25, 0.3) is 0 Å². The average Bonchev–Trinajstić information content (AvgIpc) is 2.48. The molecule has 1 N–H and O–H groups in total. The van der Waals surface area contributed by atoms with Gasteiger partial charge < -0.3 is 4.74 Å². The van der Waals surface area contributed by atoms with Crippen LogP contribution >= 0.6 is 8.58 Å². The van der Waals surface area contributed by atoms with Crippen LogP contribution in [0.3, 0.4) is 0 Å². The zero-order valence-electron chi connectivity index (χ0n) is 13.1. The van der Waals surface area contributed by atoms with Gasteiger partial charge in [-0.05, 0) is 43.0 Å². The highest BCUT2D eigenvalue weighted by Gasteiger charge is 2.29. The molecule has 1 aliphatic carbocycles. The second-order valence-electron chi connectivity index (χ2n) is 5.62. The van der Waals surface area contributed by atoms with E-state index in [2.05, 4.69) is 49.7 Å². The third kappa shape index (κ3) is 4.41. The molecule has 1 aliphatic rings. The molecular formula is C17H24NO2P. The molecule has 0 aromatic heterocycles. The largest absolute Gasteiger partial charge is 0.497 e. The number of allylic oxidation sites excluding steroid dienone is 3. The molecule has 0 bridgehead atoms. The lowest BCUT2D eigenvalue weighted by atomic mass is 9.86. The first-order valence-electron chi connectivity index (χ1n) is 7.19. The minimum Gasteiger partial charge on any atom is -0.497 e. The van der Waals surface area contributed by atoms with Crippen molar-refractivity contribution in [1.82, 2.24) is 5.48 Å². The number of rotatable bonds is 6. The Kier molecular flexibility index (Phi) is 5.58. The molecule has 2 rings (SSSR count). The SMILES string of the molecule is CNOC(C)(C)C1C=CC(Pc2ccc(OC)cc2)=CC1. The molecular weight excluding hydrogens is 281 g/mol. The van der Waals surface area contributed by atoms with Gasteiger partial charge in [-0.15, -0.1) is 0 Å². The molecule has 4 heteroatoms.